The predicted octanol–water partition coefficient (Wildman–Crippen LogP) is 1.87. The van der Waals surface area contributed by atoms with Gasteiger partial charge in [-0.15, -0.1) is 0 Å². The van der Waals surface area contributed by atoms with Crippen LogP contribution < -0.4 is 0 Å². The molecule has 2 aliphatic heterocycles. The lowest BCUT2D eigenvalue weighted by Crippen LogP contribution is -2.30. The fourth-order valence-electron chi connectivity index (χ4n) is 1.19. The van der Waals surface area contributed by atoms with Crippen molar-refractivity contribution in [1.82, 2.24) is 0 Å². The van der Waals surface area contributed by atoms with Gasteiger partial charge >= 0.3 is 0 Å². The zero-order chi connectivity index (χ0) is 9.42. The third-order valence-electron chi connectivity index (χ3n) is 1.76. The van der Waals surface area contributed by atoms with Crippen LogP contribution in [0.5, 0.6) is 0 Å². The van der Waals surface area contributed by atoms with Crippen LogP contribution in [0, 0.1) is 5.92 Å². The van der Waals surface area contributed by atoms with E-state index in [4.69, 9.17) is 23.2 Å². The van der Waals surface area contributed by atoms with Crippen molar-refractivity contribution in [3.63, 3.8) is 0 Å². The Kier molecular flexibility index (Phi) is 2.06. The van der Waals surface area contributed by atoms with Crippen LogP contribution in [0.2, 0.25) is 0 Å². The van der Waals surface area contributed by atoms with E-state index >= 15 is 0 Å². The van der Waals surface area contributed by atoms with Gasteiger partial charge in [0, 0.05) is 12.3 Å². The van der Waals surface area contributed by atoms with Gasteiger partial charge in [0.05, 0.1) is 5.71 Å². The van der Waals surface area contributed by atoms with Crippen molar-refractivity contribution in [2.24, 2.45) is 15.9 Å². The normalized spacial score (nSPS) is 26.2. The maximum Gasteiger partial charge on any atom is 0.173 e. The van der Waals surface area contributed by atoms with Gasteiger partial charge in [-0.1, -0.05) is 23.2 Å². The van der Waals surface area contributed by atoms with Crippen LogP contribution in [-0.4, -0.2) is 16.7 Å². The number of fused-ring (bicyclic) bond motifs is 1. The molecule has 0 aromatic rings. The highest BCUT2D eigenvalue weighted by molar-refractivity contribution is 6.71. The molecule has 1 atom stereocenters. The molecule has 3 nitrogen and oxygen atoms in total. The van der Waals surface area contributed by atoms with Crippen molar-refractivity contribution < 1.29 is 4.79 Å². The minimum absolute atomic E-state index is 0.112. The molecule has 0 radical (unpaired) electrons. The Bertz CT molecular complexity index is 393. The van der Waals surface area contributed by atoms with Gasteiger partial charge in [-0.05, 0) is 6.08 Å². The standard InChI is InChI=1S/C8H4Cl2N2O/c9-6-3-4-7(8(10)12-6)5(13)1-2-11-4/h1-3,7H. The van der Waals surface area contributed by atoms with E-state index in [1.807, 2.05) is 0 Å². The average molecular weight is 215 g/mol. The Morgan fingerprint density at radius 1 is 1.38 bits per heavy atom. The number of nitrogens with zero attached hydrogens (tertiary/aromatic N) is 2. The van der Waals surface area contributed by atoms with Crippen LogP contribution in [0.4, 0.5) is 0 Å². The molecule has 66 valence electrons. The third-order valence-corrected chi connectivity index (χ3v) is 2.26. The predicted molar refractivity (Wildman–Crippen MR) is 52.3 cm³/mol. The molecule has 1 unspecified atom stereocenters. The summed E-state index contributed by atoms with van der Waals surface area (Å²) in [5.41, 5.74) is 0.553. The Morgan fingerprint density at radius 2 is 2.15 bits per heavy atom. The van der Waals surface area contributed by atoms with Gasteiger partial charge < -0.3 is 0 Å². The smallest absolute Gasteiger partial charge is 0.173 e. The molecule has 0 aromatic carbocycles. The number of rotatable bonds is 0. The van der Waals surface area contributed by atoms with Gasteiger partial charge in [0.2, 0.25) is 0 Å². The Balaban J connectivity index is 2.50. The lowest BCUT2D eigenvalue weighted by Gasteiger charge is -2.18. The summed E-state index contributed by atoms with van der Waals surface area (Å²) in [4.78, 5) is 19.1. The molecule has 5 heteroatoms. The number of carbonyl (C=O) groups excluding carboxylic acids is 1. The maximum atomic E-state index is 11.3. The zero-order valence-corrected chi connectivity index (χ0v) is 7.88. The summed E-state index contributed by atoms with van der Waals surface area (Å²) in [6.45, 7) is 0. The minimum Gasteiger partial charge on any atom is -0.294 e. The van der Waals surface area contributed by atoms with Crippen molar-refractivity contribution in [2.45, 2.75) is 0 Å². The molecular formula is C8H4Cl2N2O. The van der Waals surface area contributed by atoms with Crippen LogP contribution in [0.15, 0.2) is 33.5 Å². The number of carbonyl (C=O) groups is 1. The molecule has 0 N–H and O–H groups in total. The van der Waals surface area contributed by atoms with Crippen LogP contribution in [-0.2, 0) is 4.79 Å². The van der Waals surface area contributed by atoms with E-state index in [1.165, 1.54) is 12.3 Å². The average Bonchev–Trinajstić information content (AvgIpc) is 2.02. The maximum absolute atomic E-state index is 11.3. The minimum atomic E-state index is -0.547. The molecule has 0 saturated heterocycles. The number of halogens is 2. The summed E-state index contributed by atoms with van der Waals surface area (Å²) in [5, 5.41) is 0.434. The van der Waals surface area contributed by atoms with E-state index in [-0.39, 0.29) is 16.1 Å². The van der Waals surface area contributed by atoms with Gasteiger partial charge in [0.1, 0.15) is 16.2 Å². The fraction of sp³-hybridized carbons (Fsp3) is 0.125. The summed E-state index contributed by atoms with van der Waals surface area (Å²) < 4.78 is 0. The SMILES string of the molecule is O=C1C=CN=C2C=C(Cl)N=C(Cl)C12. The molecule has 0 aromatic heterocycles. The Labute approximate surface area is 84.5 Å². The third kappa shape index (κ3) is 1.45. The first-order valence-electron chi connectivity index (χ1n) is 3.58. The fourth-order valence-corrected chi connectivity index (χ4v) is 1.75. The van der Waals surface area contributed by atoms with Gasteiger partial charge in [0.25, 0.3) is 0 Å². The first-order valence-corrected chi connectivity index (χ1v) is 4.33. The molecule has 0 fully saturated rings. The summed E-state index contributed by atoms with van der Waals surface area (Å²) in [6, 6.07) is 0. The van der Waals surface area contributed by atoms with Crippen LogP contribution in [0.3, 0.4) is 0 Å². The van der Waals surface area contributed by atoms with E-state index in [0.717, 1.165) is 0 Å². The monoisotopic (exact) mass is 214 g/mol. The summed E-state index contributed by atoms with van der Waals surface area (Å²) in [6.07, 6.45) is 4.35. The Hall–Kier alpha value is -0.930. The summed E-state index contributed by atoms with van der Waals surface area (Å²) in [5.74, 6) is -0.659. The quantitative estimate of drug-likeness (QED) is 0.568. The summed E-state index contributed by atoms with van der Waals surface area (Å²) >= 11 is 11.4. The van der Waals surface area contributed by atoms with Crippen molar-refractivity contribution in [2.75, 3.05) is 0 Å². The van der Waals surface area contributed by atoms with E-state index in [9.17, 15) is 4.79 Å². The van der Waals surface area contributed by atoms with E-state index < -0.39 is 5.92 Å². The summed E-state index contributed by atoms with van der Waals surface area (Å²) in [7, 11) is 0. The van der Waals surface area contributed by atoms with Crippen molar-refractivity contribution >= 4 is 39.9 Å². The molecule has 2 aliphatic rings. The van der Waals surface area contributed by atoms with E-state index in [0.29, 0.717) is 5.71 Å². The molecular weight excluding hydrogens is 211 g/mol. The first-order chi connectivity index (χ1) is 6.18. The molecule has 0 amide bonds. The second-order valence-corrected chi connectivity index (χ2v) is 3.38. The van der Waals surface area contributed by atoms with Crippen LogP contribution >= 0.6 is 23.2 Å². The zero-order valence-electron chi connectivity index (χ0n) is 6.37. The number of aliphatic imine (C=N–C) groups is 2. The molecule has 0 spiro atoms. The Morgan fingerprint density at radius 3 is 2.92 bits per heavy atom. The highest BCUT2D eigenvalue weighted by atomic mass is 35.5. The first kappa shape index (κ1) is 8.66. The molecule has 2 heterocycles. The number of hydrogen-bond donors (Lipinski definition) is 0. The second-order valence-electron chi connectivity index (χ2n) is 2.61. The second kappa shape index (κ2) is 3.09. The van der Waals surface area contributed by atoms with Gasteiger partial charge in [-0.2, -0.15) is 0 Å². The molecule has 0 bridgehead atoms. The number of ketones is 1. The van der Waals surface area contributed by atoms with Crippen molar-refractivity contribution in [3.8, 4) is 0 Å². The van der Waals surface area contributed by atoms with Gasteiger partial charge in [0.15, 0.2) is 5.78 Å². The number of hydrogen-bond acceptors (Lipinski definition) is 3. The van der Waals surface area contributed by atoms with Crippen molar-refractivity contribution in [1.29, 1.82) is 0 Å². The highest BCUT2D eigenvalue weighted by Gasteiger charge is 2.30. The van der Waals surface area contributed by atoms with E-state index in [2.05, 4.69) is 9.98 Å². The van der Waals surface area contributed by atoms with Crippen LogP contribution in [0.25, 0.3) is 0 Å². The molecule has 13 heavy (non-hydrogen) atoms. The van der Waals surface area contributed by atoms with E-state index in [1.54, 1.807) is 6.08 Å². The highest BCUT2D eigenvalue weighted by Crippen LogP contribution is 2.23. The number of allylic oxidation sites excluding steroid dienone is 2. The lowest BCUT2D eigenvalue weighted by atomic mass is 9.96. The molecule has 2 rings (SSSR count). The van der Waals surface area contributed by atoms with Gasteiger partial charge in [-0.3, -0.25) is 9.79 Å². The van der Waals surface area contributed by atoms with Crippen molar-refractivity contribution in [3.05, 3.63) is 23.5 Å². The largest absolute Gasteiger partial charge is 0.294 e. The van der Waals surface area contributed by atoms with Crippen LogP contribution in [0.1, 0.15) is 0 Å². The van der Waals surface area contributed by atoms with Gasteiger partial charge in [-0.25, -0.2) is 4.99 Å². The molecule has 0 saturated carbocycles. The topological polar surface area (TPSA) is 41.8 Å². The molecule has 0 aliphatic carbocycles. The lowest BCUT2D eigenvalue weighted by molar-refractivity contribution is -0.115.